The van der Waals surface area contributed by atoms with Crippen molar-refractivity contribution in [1.29, 1.82) is 0 Å². The van der Waals surface area contributed by atoms with Crippen molar-refractivity contribution in [1.82, 2.24) is 36.0 Å². The molecule has 54 heavy (non-hydrogen) atoms. The Balaban J connectivity index is 0.00000561. The lowest BCUT2D eigenvalue weighted by atomic mass is 9.81. The second kappa shape index (κ2) is 17.8. The molecular formula is C36H43ClF3N9O4S. The Hall–Kier alpha value is -4.42. The van der Waals surface area contributed by atoms with Gasteiger partial charge in [0.15, 0.2) is 0 Å². The molecule has 0 spiro atoms. The van der Waals surface area contributed by atoms with Gasteiger partial charge in [-0.2, -0.15) is 18.4 Å². The number of nitrogens with zero attached hydrogens (tertiary/aromatic N) is 3. The van der Waals surface area contributed by atoms with Gasteiger partial charge in [-0.3, -0.25) is 9.59 Å². The summed E-state index contributed by atoms with van der Waals surface area (Å²) >= 11 is 0. The van der Waals surface area contributed by atoms with E-state index in [-0.39, 0.29) is 47.8 Å². The first kappa shape index (κ1) is 40.8. The Morgan fingerprint density at radius 1 is 0.907 bits per heavy atom. The van der Waals surface area contributed by atoms with E-state index in [1.165, 1.54) is 18.2 Å². The molecule has 1 saturated carbocycles. The summed E-state index contributed by atoms with van der Waals surface area (Å²) in [5.74, 6) is -0.244. The number of hydrogen-bond donors (Lipinski definition) is 6. The molecule has 1 aliphatic carbocycles. The Labute approximate surface area is 317 Å². The summed E-state index contributed by atoms with van der Waals surface area (Å²) in [7, 11) is -4.19. The SMILES string of the molecule is Cl.NC[C@H]1CC[C@H](C(=O)N[C@@H](Cc2ccc(-c3ccc(S(=O)(=O)NC4CCNCC4)cc3C(F)(F)F)cc2)C(=O)Nc2ccc(-c3nn[nH]n3)cc2)CC1. The number of alkyl halides is 3. The third-order valence-corrected chi connectivity index (χ3v) is 11.4. The fourth-order valence-electron chi connectivity index (χ4n) is 6.84. The number of anilines is 1. The third kappa shape index (κ3) is 10.2. The zero-order valence-corrected chi connectivity index (χ0v) is 30.9. The van der Waals surface area contributed by atoms with Crippen LogP contribution in [0.5, 0.6) is 0 Å². The lowest BCUT2D eigenvalue weighted by Crippen LogP contribution is -2.48. The number of carbonyl (C=O) groups excluding carboxylic acids is 2. The molecule has 0 unspecified atom stereocenters. The van der Waals surface area contributed by atoms with E-state index < -0.39 is 38.6 Å². The fraction of sp³-hybridized carbons (Fsp3) is 0.417. The van der Waals surface area contributed by atoms with Gasteiger partial charge in [-0.25, -0.2) is 13.1 Å². The lowest BCUT2D eigenvalue weighted by molar-refractivity contribution is -0.137. The molecule has 3 aromatic carbocycles. The number of nitrogens with two attached hydrogens (primary N) is 1. The number of halogens is 4. The van der Waals surface area contributed by atoms with Gasteiger partial charge in [0.25, 0.3) is 0 Å². The second-order valence-corrected chi connectivity index (χ2v) is 15.3. The number of rotatable bonds is 12. The highest BCUT2D eigenvalue weighted by molar-refractivity contribution is 7.89. The van der Waals surface area contributed by atoms with Gasteiger partial charge in [0.2, 0.25) is 27.7 Å². The van der Waals surface area contributed by atoms with Crippen LogP contribution in [0.25, 0.3) is 22.5 Å². The van der Waals surface area contributed by atoms with Gasteiger partial charge in [0.1, 0.15) is 6.04 Å². The summed E-state index contributed by atoms with van der Waals surface area (Å²) in [6.07, 6.45) is -0.755. The van der Waals surface area contributed by atoms with E-state index in [1.54, 1.807) is 36.4 Å². The van der Waals surface area contributed by atoms with Crippen LogP contribution in [0, 0.1) is 11.8 Å². The molecule has 4 aromatic rings. The van der Waals surface area contributed by atoms with Gasteiger partial charge >= 0.3 is 6.18 Å². The van der Waals surface area contributed by atoms with Crippen molar-refractivity contribution in [3.8, 4) is 22.5 Å². The number of hydrogen-bond acceptors (Lipinski definition) is 9. The third-order valence-electron chi connectivity index (χ3n) is 9.91. The van der Waals surface area contributed by atoms with Crippen LogP contribution in [0.2, 0.25) is 0 Å². The van der Waals surface area contributed by atoms with E-state index in [0.29, 0.717) is 79.9 Å². The van der Waals surface area contributed by atoms with E-state index >= 15 is 0 Å². The maximum atomic E-state index is 14.4. The minimum atomic E-state index is -4.84. The maximum Gasteiger partial charge on any atom is 0.417 e. The minimum absolute atomic E-state index is 0. The highest BCUT2D eigenvalue weighted by Crippen LogP contribution is 2.39. The number of nitrogens with one attached hydrogen (secondary N) is 5. The van der Waals surface area contributed by atoms with Crippen LogP contribution in [-0.4, -0.2) is 72.6 Å². The van der Waals surface area contributed by atoms with E-state index in [9.17, 15) is 31.2 Å². The molecule has 2 heterocycles. The van der Waals surface area contributed by atoms with Crippen LogP contribution in [0.4, 0.5) is 18.9 Å². The number of benzene rings is 3. The van der Waals surface area contributed by atoms with Crippen molar-refractivity contribution in [2.24, 2.45) is 17.6 Å². The van der Waals surface area contributed by atoms with Gasteiger partial charge in [0, 0.05) is 29.6 Å². The number of carbonyl (C=O) groups is 2. The molecule has 290 valence electrons. The molecule has 7 N–H and O–H groups in total. The van der Waals surface area contributed by atoms with Crippen LogP contribution in [0.15, 0.2) is 71.6 Å². The summed E-state index contributed by atoms with van der Waals surface area (Å²) in [5, 5.41) is 22.7. The van der Waals surface area contributed by atoms with Gasteiger partial charge in [-0.05, 0) is 122 Å². The van der Waals surface area contributed by atoms with Crippen LogP contribution in [0.1, 0.15) is 49.7 Å². The van der Waals surface area contributed by atoms with Gasteiger partial charge in [-0.1, -0.05) is 30.3 Å². The second-order valence-electron chi connectivity index (χ2n) is 13.6. The van der Waals surface area contributed by atoms with Crippen LogP contribution < -0.4 is 26.4 Å². The van der Waals surface area contributed by atoms with Crippen molar-refractivity contribution in [3.05, 3.63) is 77.9 Å². The number of aromatic nitrogens is 4. The lowest BCUT2D eigenvalue weighted by Gasteiger charge is -2.28. The molecule has 2 amide bonds. The predicted molar refractivity (Wildman–Crippen MR) is 199 cm³/mol. The minimum Gasteiger partial charge on any atom is -0.344 e. The Morgan fingerprint density at radius 2 is 1.57 bits per heavy atom. The van der Waals surface area contributed by atoms with Crippen molar-refractivity contribution in [2.75, 3.05) is 25.0 Å². The van der Waals surface area contributed by atoms with Gasteiger partial charge in [-0.15, -0.1) is 22.6 Å². The van der Waals surface area contributed by atoms with E-state index in [2.05, 4.69) is 41.3 Å². The van der Waals surface area contributed by atoms with Gasteiger partial charge < -0.3 is 21.7 Å². The average Bonchev–Trinajstić information content (AvgIpc) is 3.70. The van der Waals surface area contributed by atoms with Crippen molar-refractivity contribution < 1.29 is 31.2 Å². The molecule has 0 bridgehead atoms. The van der Waals surface area contributed by atoms with Crippen LogP contribution in [-0.2, 0) is 32.2 Å². The Bertz CT molecular complexity index is 1970. The van der Waals surface area contributed by atoms with Crippen molar-refractivity contribution in [2.45, 2.75) is 68.1 Å². The molecule has 1 atom stereocenters. The van der Waals surface area contributed by atoms with Crippen LogP contribution >= 0.6 is 12.4 Å². The molecule has 13 nitrogen and oxygen atoms in total. The molecule has 2 aliphatic rings. The first-order valence-electron chi connectivity index (χ1n) is 17.6. The summed E-state index contributed by atoms with van der Waals surface area (Å²) < 4.78 is 71.7. The zero-order valence-electron chi connectivity index (χ0n) is 29.2. The fourth-order valence-corrected chi connectivity index (χ4v) is 8.17. The highest BCUT2D eigenvalue weighted by Gasteiger charge is 2.36. The molecule has 18 heteroatoms. The normalized spacial score (nSPS) is 18.7. The largest absolute Gasteiger partial charge is 0.417 e. The van der Waals surface area contributed by atoms with Crippen molar-refractivity contribution >= 4 is 39.9 Å². The van der Waals surface area contributed by atoms with Crippen molar-refractivity contribution in [3.63, 3.8) is 0 Å². The standard InChI is InChI=1S/C36H42F3N9O4S.ClH/c37-36(38,39)31-20-29(53(51,52)46-28-15-17-41-18-16-28)13-14-30(31)24-5-1-22(2-6-24)19-32(43-34(49)26-7-3-23(21-40)4-8-26)35(50)42-27-11-9-25(10-12-27)33-44-47-48-45-33;/h1-2,5-6,9-14,20,23,26,28,32,41,46H,3-4,7-8,15-19,21,40H2,(H,42,50)(H,43,49)(H,44,45,47,48);1H/t23-,26-,32-;/m0./s1. The first-order valence-corrected chi connectivity index (χ1v) is 19.1. The molecule has 6 rings (SSSR count). The number of piperidine rings is 1. The summed E-state index contributed by atoms with van der Waals surface area (Å²) in [5.41, 5.74) is 6.49. The predicted octanol–water partition coefficient (Wildman–Crippen LogP) is 4.44. The number of sulfonamides is 1. The number of tetrazole rings is 1. The average molecular weight is 790 g/mol. The first-order chi connectivity index (χ1) is 25.4. The smallest absolute Gasteiger partial charge is 0.344 e. The molecule has 1 aliphatic heterocycles. The van der Waals surface area contributed by atoms with Crippen LogP contribution in [0.3, 0.4) is 0 Å². The maximum absolute atomic E-state index is 14.4. The molecule has 0 radical (unpaired) electrons. The van der Waals surface area contributed by atoms with E-state index in [0.717, 1.165) is 18.9 Å². The monoisotopic (exact) mass is 789 g/mol. The molecular weight excluding hydrogens is 747 g/mol. The number of H-pyrrole nitrogens is 1. The molecule has 1 aromatic heterocycles. The van der Waals surface area contributed by atoms with E-state index in [1.807, 2.05) is 0 Å². The zero-order chi connectivity index (χ0) is 37.6. The molecule has 1 saturated heterocycles. The summed E-state index contributed by atoms with van der Waals surface area (Å²) in [4.78, 5) is 26.6. The Morgan fingerprint density at radius 3 is 2.19 bits per heavy atom. The summed E-state index contributed by atoms with van der Waals surface area (Å²) in [6.45, 7) is 1.78. The quantitative estimate of drug-likeness (QED) is 0.120. The highest BCUT2D eigenvalue weighted by atomic mass is 35.5. The Kier molecular flexibility index (Phi) is 13.4. The number of aromatic amines is 1. The topological polar surface area (TPSA) is 197 Å². The molecule has 2 fully saturated rings. The van der Waals surface area contributed by atoms with E-state index in [4.69, 9.17) is 5.73 Å². The summed E-state index contributed by atoms with van der Waals surface area (Å²) in [6, 6.07) is 14.6. The van der Waals surface area contributed by atoms with Gasteiger partial charge in [0.05, 0.1) is 10.5 Å². The number of amides is 2.